The molecule has 0 unspecified atom stereocenters. The number of pyridine rings is 2. The minimum atomic E-state index is -0.181. The first-order valence-corrected chi connectivity index (χ1v) is 4.93. The van der Waals surface area contributed by atoms with E-state index in [0.29, 0.717) is 22.2 Å². The molecule has 16 heavy (non-hydrogen) atoms. The van der Waals surface area contributed by atoms with Gasteiger partial charge in [-0.3, -0.25) is 4.79 Å². The van der Waals surface area contributed by atoms with Crippen LogP contribution in [-0.4, -0.2) is 15.9 Å². The van der Waals surface area contributed by atoms with E-state index in [1.54, 1.807) is 18.3 Å². The van der Waals surface area contributed by atoms with Crippen molar-refractivity contribution in [1.29, 1.82) is 0 Å². The van der Waals surface area contributed by atoms with Gasteiger partial charge in [0.15, 0.2) is 0 Å². The third-order valence-electron chi connectivity index (χ3n) is 2.02. The molecule has 0 aromatic carbocycles. The normalized spacial score (nSPS) is 10.4. The standard InChI is InChI=1S/C10H9ClN4O/c1-5(16)14-9-3-6-2-8(11)15-10(12)7(6)4-13-9/h2-4H,1H3,(H2,12,15)(H,13,14,16). The third kappa shape index (κ3) is 2.04. The SMILES string of the molecule is CC(=O)Nc1cc2cc(Cl)nc(N)c2cn1. The predicted molar refractivity (Wildman–Crippen MR) is 63.3 cm³/mol. The Bertz CT molecular complexity index is 570. The van der Waals surface area contributed by atoms with Crippen molar-refractivity contribution < 1.29 is 4.79 Å². The van der Waals surface area contributed by atoms with Crippen molar-refractivity contribution in [2.45, 2.75) is 6.92 Å². The van der Waals surface area contributed by atoms with Gasteiger partial charge in [-0.25, -0.2) is 9.97 Å². The summed E-state index contributed by atoms with van der Waals surface area (Å²) in [6.07, 6.45) is 1.55. The zero-order valence-electron chi connectivity index (χ0n) is 8.49. The number of anilines is 2. The number of hydrogen-bond donors (Lipinski definition) is 2. The highest BCUT2D eigenvalue weighted by atomic mass is 35.5. The number of halogens is 1. The molecule has 2 rings (SSSR count). The van der Waals surface area contributed by atoms with Gasteiger partial charge in [0.05, 0.1) is 0 Å². The van der Waals surface area contributed by atoms with E-state index in [4.69, 9.17) is 17.3 Å². The zero-order chi connectivity index (χ0) is 11.7. The van der Waals surface area contributed by atoms with E-state index >= 15 is 0 Å². The zero-order valence-corrected chi connectivity index (χ0v) is 9.25. The van der Waals surface area contributed by atoms with Crippen LogP contribution in [0.3, 0.4) is 0 Å². The maximum absolute atomic E-state index is 10.9. The van der Waals surface area contributed by atoms with E-state index in [1.807, 2.05) is 0 Å². The molecule has 0 bridgehead atoms. The fourth-order valence-electron chi connectivity index (χ4n) is 1.39. The molecule has 0 spiro atoms. The van der Waals surface area contributed by atoms with Gasteiger partial charge in [0.1, 0.15) is 16.8 Å². The highest BCUT2D eigenvalue weighted by molar-refractivity contribution is 6.30. The highest BCUT2D eigenvalue weighted by Gasteiger charge is 2.04. The van der Waals surface area contributed by atoms with Crippen molar-refractivity contribution in [3.05, 3.63) is 23.5 Å². The highest BCUT2D eigenvalue weighted by Crippen LogP contribution is 2.23. The first-order chi connectivity index (χ1) is 7.56. The number of nitrogen functional groups attached to an aromatic ring is 1. The van der Waals surface area contributed by atoms with Gasteiger partial charge < -0.3 is 11.1 Å². The summed E-state index contributed by atoms with van der Waals surface area (Å²) in [6.45, 7) is 1.42. The summed E-state index contributed by atoms with van der Waals surface area (Å²) in [5.41, 5.74) is 5.69. The lowest BCUT2D eigenvalue weighted by molar-refractivity contribution is -0.114. The van der Waals surface area contributed by atoms with Crippen LogP contribution < -0.4 is 11.1 Å². The molecule has 5 nitrogen and oxygen atoms in total. The number of carbonyl (C=O) groups is 1. The van der Waals surface area contributed by atoms with Gasteiger partial charge in [0, 0.05) is 18.5 Å². The predicted octanol–water partition coefficient (Wildman–Crippen LogP) is 1.82. The summed E-state index contributed by atoms with van der Waals surface area (Å²) in [4.78, 5) is 18.8. The molecule has 0 radical (unpaired) electrons. The minimum absolute atomic E-state index is 0.181. The van der Waals surface area contributed by atoms with E-state index in [1.165, 1.54) is 6.92 Å². The van der Waals surface area contributed by atoms with Gasteiger partial charge in [0.25, 0.3) is 0 Å². The third-order valence-corrected chi connectivity index (χ3v) is 2.21. The van der Waals surface area contributed by atoms with E-state index in [-0.39, 0.29) is 5.91 Å². The summed E-state index contributed by atoms with van der Waals surface area (Å²) in [6, 6.07) is 3.36. The van der Waals surface area contributed by atoms with Crippen LogP contribution in [0, 0.1) is 0 Å². The molecule has 0 aliphatic carbocycles. The Labute approximate surface area is 96.6 Å². The Morgan fingerprint density at radius 2 is 2.25 bits per heavy atom. The van der Waals surface area contributed by atoms with Crippen molar-refractivity contribution in [3.63, 3.8) is 0 Å². The van der Waals surface area contributed by atoms with E-state index in [9.17, 15) is 4.79 Å². The number of amides is 1. The van der Waals surface area contributed by atoms with Crippen LogP contribution in [0.25, 0.3) is 10.8 Å². The molecule has 82 valence electrons. The lowest BCUT2D eigenvalue weighted by atomic mass is 10.2. The summed E-state index contributed by atoms with van der Waals surface area (Å²) >= 11 is 5.78. The quantitative estimate of drug-likeness (QED) is 0.740. The maximum Gasteiger partial charge on any atom is 0.222 e. The van der Waals surface area contributed by atoms with E-state index in [2.05, 4.69) is 15.3 Å². The molecule has 6 heteroatoms. The molecule has 0 saturated heterocycles. The van der Waals surface area contributed by atoms with Crippen molar-refractivity contribution in [1.82, 2.24) is 9.97 Å². The Morgan fingerprint density at radius 3 is 2.94 bits per heavy atom. The largest absolute Gasteiger partial charge is 0.383 e. The van der Waals surface area contributed by atoms with Crippen molar-refractivity contribution in [3.8, 4) is 0 Å². The number of hydrogen-bond acceptors (Lipinski definition) is 4. The molecular formula is C10H9ClN4O. The Morgan fingerprint density at radius 1 is 1.50 bits per heavy atom. The summed E-state index contributed by atoms with van der Waals surface area (Å²) in [7, 11) is 0. The Hall–Kier alpha value is -1.88. The molecule has 0 atom stereocenters. The Kier molecular flexibility index (Phi) is 2.62. The first-order valence-electron chi connectivity index (χ1n) is 4.55. The van der Waals surface area contributed by atoms with E-state index < -0.39 is 0 Å². The second-order valence-corrected chi connectivity index (χ2v) is 3.69. The molecule has 1 amide bonds. The molecule has 0 aliphatic heterocycles. The fourth-order valence-corrected chi connectivity index (χ4v) is 1.60. The van der Waals surface area contributed by atoms with Crippen LogP contribution in [0.1, 0.15) is 6.92 Å². The minimum Gasteiger partial charge on any atom is -0.383 e. The molecule has 0 aliphatic rings. The van der Waals surface area contributed by atoms with Crippen molar-refractivity contribution >= 4 is 39.9 Å². The topological polar surface area (TPSA) is 80.9 Å². The second-order valence-electron chi connectivity index (χ2n) is 3.30. The molecule has 2 aromatic rings. The molecule has 0 fully saturated rings. The maximum atomic E-state index is 10.9. The van der Waals surface area contributed by atoms with Crippen LogP contribution in [0.4, 0.5) is 11.6 Å². The van der Waals surface area contributed by atoms with Crippen LogP contribution >= 0.6 is 11.6 Å². The second kappa shape index (κ2) is 3.94. The van der Waals surface area contributed by atoms with Gasteiger partial charge in [-0.1, -0.05) is 11.6 Å². The van der Waals surface area contributed by atoms with E-state index in [0.717, 1.165) is 5.39 Å². The molecular weight excluding hydrogens is 228 g/mol. The van der Waals surface area contributed by atoms with Crippen molar-refractivity contribution in [2.24, 2.45) is 0 Å². The van der Waals surface area contributed by atoms with Gasteiger partial charge in [-0.05, 0) is 17.5 Å². The molecule has 3 N–H and O–H groups in total. The lowest BCUT2D eigenvalue weighted by Crippen LogP contribution is -2.07. The number of fused-ring (bicyclic) bond motifs is 1. The smallest absolute Gasteiger partial charge is 0.222 e. The number of nitrogens with zero attached hydrogens (tertiary/aromatic N) is 2. The summed E-state index contributed by atoms with van der Waals surface area (Å²) in [5.74, 6) is 0.603. The lowest BCUT2D eigenvalue weighted by Gasteiger charge is -2.05. The molecule has 0 saturated carbocycles. The fraction of sp³-hybridized carbons (Fsp3) is 0.100. The average molecular weight is 237 g/mol. The van der Waals surface area contributed by atoms with Gasteiger partial charge in [-0.2, -0.15) is 0 Å². The van der Waals surface area contributed by atoms with Crippen LogP contribution in [0.2, 0.25) is 5.15 Å². The average Bonchev–Trinajstić information content (AvgIpc) is 2.15. The number of aromatic nitrogens is 2. The van der Waals surface area contributed by atoms with Gasteiger partial charge in [-0.15, -0.1) is 0 Å². The summed E-state index contributed by atoms with van der Waals surface area (Å²) in [5, 5.41) is 4.39. The molecule has 2 aromatic heterocycles. The van der Waals surface area contributed by atoms with Gasteiger partial charge in [0.2, 0.25) is 5.91 Å². The van der Waals surface area contributed by atoms with Crippen LogP contribution in [0.15, 0.2) is 18.3 Å². The number of carbonyl (C=O) groups excluding carboxylic acids is 1. The summed E-state index contributed by atoms with van der Waals surface area (Å²) < 4.78 is 0. The molecule has 2 heterocycles. The van der Waals surface area contributed by atoms with Crippen LogP contribution in [-0.2, 0) is 4.79 Å². The number of nitrogens with one attached hydrogen (secondary N) is 1. The number of nitrogens with two attached hydrogens (primary N) is 1. The monoisotopic (exact) mass is 236 g/mol. The van der Waals surface area contributed by atoms with Crippen LogP contribution in [0.5, 0.6) is 0 Å². The van der Waals surface area contributed by atoms with Crippen molar-refractivity contribution in [2.75, 3.05) is 11.1 Å². The first kappa shape index (κ1) is 10.6. The van der Waals surface area contributed by atoms with Gasteiger partial charge >= 0.3 is 0 Å². The Balaban J connectivity index is 2.57. The number of rotatable bonds is 1.